The van der Waals surface area contributed by atoms with E-state index in [-0.39, 0.29) is 17.5 Å². The summed E-state index contributed by atoms with van der Waals surface area (Å²) in [6, 6.07) is 0.360. The van der Waals surface area contributed by atoms with Gasteiger partial charge in [0.1, 0.15) is 0 Å². The third kappa shape index (κ3) is 5.25. The van der Waals surface area contributed by atoms with Gasteiger partial charge in [0.2, 0.25) is 0 Å². The van der Waals surface area contributed by atoms with Crippen molar-refractivity contribution in [3.63, 3.8) is 0 Å². The molecular formula is C15H23F3N2S. The van der Waals surface area contributed by atoms with Crippen LogP contribution in [0.15, 0.2) is 12.4 Å². The first kappa shape index (κ1) is 16.7. The smallest absolute Gasteiger partial charge is 0.353 e. The maximum atomic E-state index is 12.2. The van der Waals surface area contributed by atoms with Crippen molar-refractivity contribution in [3.05, 3.63) is 23.5 Å². The molecular weight excluding hydrogens is 297 g/mol. The summed E-state index contributed by atoms with van der Waals surface area (Å²) >= 11 is 0.0567. The molecule has 0 spiro atoms. The van der Waals surface area contributed by atoms with Crippen LogP contribution < -0.4 is 5.32 Å². The molecule has 6 heteroatoms. The molecule has 1 atom stereocenters. The highest BCUT2D eigenvalue weighted by atomic mass is 32.2. The molecule has 1 aromatic heterocycles. The molecule has 0 saturated heterocycles. The maximum absolute atomic E-state index is 12.2. The minimum absolute atomic E-state index is 0.0567. The SMILES string of the molecule is CCCNC1CCCCc2cn(CCSC(F)(F)F)cc21. The summed E-state index contributed by atoms with van der Waals surface area (Å²) in [5.41, 5.74) is -1.54. The average molecular weight is 320 g/mol. The van der Waals surface area contributed by atoms with Crippen molar-refractivity contribution in [1.82, 2.24) is 9.88 Å². The van der Waals surface area contributed by atoms with E-state index in [0.717, 1.165) is 25.8 Å². The van der Waals surface area contributed by atoms with E-state index < -0.39 is 5.51 Å². The number of thioether (sulfide) groups is 1. The Morgan fingerprint density at radius 3 is 2.86 bits per heavy atom. The Balaban J connectivity index is 1.99. The van der Waals surface area contributed by atoms with E-state index in [1.807, 2.05) is 17.0 Å². The molecule has 1 heterocycles. The molecule has 1 aliphatic carbocycles. The van der Waals surface area contributed by atoms with Crippen LogP contribution in [0.25, 0.3) is 0 Å². The van der Waals surface area contributed by atoms with Crippen LogP contribution in [0.3, 0.4) is 0 Å². The quantitative estimate of drug-likeness (QED) is 0.777. The molecule has 1 aliphatic rings. The summed E-state index contributed by atoms with van der Waals surface area (Å²) in [4.78, 5) is 0. The van der Waals surface area contributed by atoms with E-state index in [2.05, 4.69) is 12.2 Å². The highest BCUT2D eigenvalue weighted by Crippen LogP contribution is 2.32. The monoisotopic (exact) mass is 320 g/mol. The first-order chi connectivity index (χ1) is 9.99. The van der Waals surface area contributed by atoms with E-state index in [0.29, 0.717) is 12.6 Å². The number of rotatable bonds is 6. The summed E-state index contributed by atoms with van der Waals surface area (Å²) < 4.78 is 38.5. The highest BCUT2D eigenvalue weighted by molar-refractivity contribution is 8.00. The van der Waals surface area contributed by atoms with Crippen LogP contribution >= 0.6 is 11.8 Å². The van der Waals surface area contributed by atoms with Gasteiger partial charge < -0.3 is 9.88 Å². The first-order valence-corrected chi connectivity index (χ1v) is 8.61. The van der Waals surface area contributed by atoms with Gasteiger partial charge in [0.15, 0.2) is 0 Å². The fourth-order valence-corrected chi connectivity index (χ4v) is 3.38. The number of alkyl halides is 3. The zero-order valence-electron chi connectivity index (χ0n) is 12.4. The van der Waals surface area contributed by atoms with Crippen LogP contribution in [0.2, 0.25) is 0 Å². The maximum Gasteiger partial charge on any atom is 0.441 e. The van der Waals surface area contributed by atoms with Gasteiger partial charge in [0.25, 0.3) is 0 Å². The van der Waals surface area contributed by atoms with Crippen LogP contribution in [0.1, 0.15) is 49.8 Å². The Morgan fingerprint density at radius 1 is 1.33 bits per heavy atom. The Hall–Kier alpha value is -0.620. The number of hydrogen-bond donors (Lipinski definition) is 1. The molecule has 1 N–H and O–H groups in total. The second-order valence-corrected chi connectivity index (χ2v) is 6.68. The lowest BCUT2D eigenvalue weighted by Crippen LogP contribution is -2.21. The van der Waals surface area contributed by atoms with Crippen molar-refractivity contribution in [1.29, 1.82) is 0 Å². The summed E-state index contributed by atoms with van der Waals surface area (Å²) in [5, 5.41) is 3.56. The van der Waals surface area contributed by atoms with Crippen molar-refractivity contribution in [2.45, 2.75) is 57.1 Å². The van der Waals surface area contributed by atoms with Crippen molar-refractivity contribution in [3.8, 4) is 0 Å². The number of aryl methyl sites for hydroxylation is 2. The number of hydrogen-bond acceptors (Lipinski definition) is 2. The van der Waals surface area contributed by atoms with Crippen LogP contribution in [0.5, 0.6) is 0 Å². The molecule has 0 aliphatic heterocycles. The molecule has 1 unspecified atom stereocenters. The van der Waals surface area contributed by atoms with Crippen LogP contribution in [-0.2, 0) is 13.0 Å². The minimum atomic E-state index is -4.13. The van der Waals surface area contributed by atoms with E-state index in [1.54, 1.807) is 0 Å². The number of nitrogens with zero attached hydrogens (tertiary/aromatic N) is 1. The van der Waals surface area contributed by atoms with Crippen molar-refractivity contribution >= 4 is 11.8 Å². The van der Waals surface area contributed by atoms with Gasteiger partial charge in [-0.2, -0.15) is 13.2 Å². The van der Waals surface area contributed by atoms with E-state index in [4.69, 9.17) is 0 Å². The zero-order valence-corrected chi connectivity index (χ0v) is 13.2. The Bertz CT molecular complexity index is 443. The van der Waals surface area contributed by atoms with Crippen LogP contribution in [0, 0.1) is 0 Å². The predicted molar refractivity (Wildman–Crippen MR) is 81.5 cm³/mol. The summed E-state index contributed by atoms with van der Waals surface area (Å²) in [6.07, 6.45) is 9.71. The van der Waals surface area contributed by atoms with Gasteiger partial charge in [0, 0.05) is 30.7 Å². The number of aromatic nitrogens is 1. The summed E-state index contributed by atoms with van der Waals surface area (Å²) in [6.45, 7) is 3.54. The molecule has 0 aromatic carbocycles. The standard InChI is InChI=1S/C15H23F3N2S/c1-2-7-19-14-6-4-3-5-12-10-20(11-13(12)14)8-9-21-15(16,17)18/h10-11,14,19H,2-9H2,1H3. The molecule has 1 aromatic rings. The molecule has 0 amide bonds. The Labute approximate surface area is 128 Å². The van der Waals surface area contributed by atoms with Crippen LogP contribution in [0.4, 0.5) is 13.2 Å². The molecule has 21 heavy (non-hydrogen) atoms. The number of halogens is 3. The molecule has 0 saturated carbocycles. The molecule has 2 rings (SSSR count). The molecule has 2 nitrogen and oxygen atoms in total. The number of nitrogens with one attached hydrogen (secondary N) is 1. The van der Waals surface area contributed by atoms with Crippen LogP contribution in [-0.4, -0.2) is 22.4 Å². The third-order valence-electron chi connectivity index (χ3n) is 3.82. The van der Waals surface area contributed by atoms with Gasteiger partial charge in [-0.1, -0.05) is 13.3 Å². The molecule has 120 valence electrons. The van der Waals surface area contributed by atoms with E-state index >= 15 is 0 Å². The fourth-order valence-electron chi connectivity index (χ4n) is 2.84. The van der Waals surface area contributed by atoms with Gasteiger partial charge in [-0.05, 0) is 55.1 Å². The van der Waals surface area contributed by atoms with Gasteiger partial charge in [-0.25, -0.2) is 0 Å². The minimum Gasteiger partial charge on any atom is -0.353 e. The Kier molecular flexibility index (Phi) is 6.05. The second-order valence-electron chi connectivity index (χ2n) is 5.52. The molecule has 0 fully saturated rings. The lowest BCUT2D eigenvalue weighted by molar-refractivity contribution is -0.0328. The van der Waals surface area contributed by atoms with Gasteiger partial charge in [-0.15, -0.1) is 0 Å². The van der Waals surface area contributed by atoms with E-state index in [9.17, 15) is 13.2 Å². The third-order valence-corrected chi connectivity index (χ3v) is 4.53. The Morgan fingerprint density at radius 2 is 2.14 bits per heavy atom. The summed E-state index contributed by atoms with van der Waals surface area (Å²) in [5.74, 6) is 0.0735. The van der Waals surface area contributed by atoms with Gasteiger partial charge in [-0.3, -0.25) is 0 Å². The van der Waals surface area contributed by atoms with E-state index in [1.165, 1.54) is 24.0 Å². The fraction of sp³-hybridized carbons (Fsp3) is 0.733. The lowest BCUT2D eigenvalue weighted by atomic mass is 10.0. The number of fused-ring (bicyclic) bond motifs is 1. The largest absolute Gasteiger partial charge is 0.441 e. The van der Waals surface area contributed by atoms with Gasteiger partial charge >= 0.3 is 5.51 Å². The van der Waals surface area contributed by atoms with Crippen molar-refractivity contribution in [2.75, 3.05) is 12.3 Å². The predicted octanol–water partition coefficient (Wildman–Crippen LogP) is 4.51. The molecule has 0 radical (unpaired) electrons. The topological polar surface area (TPSA) is 17.0 Å². The van der Waals surface area contributed by atoms with Gasteiger partial charge in [0.05, 0.1) is 0 Å². The zero-order chi connectivity index (χ0) is 15.3. The first-order valence-electron chi connectivity index (χ1n) is 7.62. The second kappa shape index (κ2) is 7.58. The normalized spacial score (nSPS) is 19.3. The highest BCUT2D eigenvalue weighted by Gasteiger charge is 2.27. The van der Waals surface area contributed by atoms with Crippen molar-refractivity contribution in [2.24, 2.45) is 0 Å². The van der Waals surface area contributed by atoms with Crippen molar-refractivity contribution < 1.29 is 13.2 Å². The summed E-state index contributed by atoms with van der Waals surface area (Å²) in [7, 11) is 0. The lowest BCUT2D eigenvalue weighted by Gasteiger charge is -2.16. The molecule has 0 bridgehead atoms. The average Bonchev–Trinajstić information content (AvgIpc) is 2.71.